The fourth-order valence-electron chi connectivity index (χ4n) is 1.66. The number of rotatable bonds is 3. The maximum absolute atomic E-state index is 12.3. The van der Waals surface area contributed by atoms with Crippen LogP contribution in [0.25, 0.3) is 0 Å². The Morgan fingerprint density at radius 3 is 2.41 bits per heavy atom. The molecular formula is C11H10F3NO2. The second-order valence-corrected chi connectivity index (χ2v) is 4.30. The normalized spacial score (nSPS) is 17.8. The molecule has 0 unspecified atom stereocenters. The van der Waals surface area contributed by atoms with Crippen molar-refractivity contribution in [2.45, 2.75) is 25.4 Å². The number of hydrogen-bond acceptors (Lipinski definition) is 2. The molecular weight excluding hydrogens is 235 g/mol. The van der Waals surface area contributed by atoms with E-state index < -0.39 is 23.1 Å². The van der Waals surface area contributed by atoms with E-state index in [1.54, 1.807) is 0 Å². The van der Waals surface area contributed by atoms with Crippen LogP contribution < -0.4 is 0 Å². The van der Waals surface area contributed by atoms with E-state index in [1.807, 2.05) is 0 Å². The molecule has 92 valence electrons. The fraction of sp³-hybridized carbons (Fsp3) is 0.455. The van der Waals surface area contributed by atoms with E-state index in [0.29, 0.717) is 18.5 Å². The van der Waals surface area contributed by atoms with E-state index in [4.69, 9.17) is 5.11 Å². The molecule has 1 aliphatic carbocycles. The number of alkyl halides is 3. The average molecular weight is 245 g/mol. The lowest BCUT2D eigenvalue weighted by Crippen LogP contribution is -2.18. The summed E-state index contributed by atoms with van der Waals surface area (Å²) in [5.41, 5.74) is -1.23. The van der Waals surface area contributed by atoms with Crippen molar-refractivity contribution in [2.75, 3.05) is 0 Å². The lowest BCUT2D eigenvalue weighted by atomic mass is 10.00. The van der Waals surface area contributed by atoms with E-state index in [2.05, 4.69) is 4.98 Å². The first-order valence-corrected chi connectivity index (χ1v) is 5.09. The highest BCUT2D eigenvalue weighted by molar-refractivity contribution is 5.78. The molecule has 1 N–H and O–H groups in total. The summed E-state index contributed by atoms with van der Waals surface area (Å²) >= 11 is 0. The van der Waals surface area contributed by atoms with Gasteiger partial charge in [0.25, 0.3) is 0 Å². The molecule has 0 amide bonds. The van der Waals surface area contributed by atoms with Gasteiger partial charge in [-0.05, 0) is 25.0 Å². The van der Waals surface area contributed by atoms with Crippen molar-refractivity contribution < 1.29 is 23.1 Å². The minimum absolute atomic E-state index is 0.195. The molecule has 6 heteroatoms. The Bertz CT molecular complexity index is 435. The Hall–Kier alpha value is -1.59. The predicted octanol–water partition coefficient (Wildman–Crippen LogP) is 2.51. The predicted molar refractivity (Wildman–Crippen MR) is 52.2 cm³/mol. The molecule has 1 saturated carbocycles. The number of carbonyl (C=O) groups is 1. The molecule has 3 nitrogen and oxygen atoms in total. The smallest absolute Gasteiger partial charge is 0.417 e. The summed E-state index contributed by atoms with van der Waals surface area (Å²) in [7, 11) is 0. The van der Waals surface area contributed by atoms with Gasteiger partial charge in [0.15, 0.2) is 0 Å². The summed E-state index contributed by atoms with van der Waals surface area (Å²) in [6.07, 6.45) is -2.35. The van der Waals surface area contributed by atoms with Gasteiger partial charge < -0.3 is 5.11 Å². The fourth-order valence-corrected chi connectivity index (χ4v) is 1.66. The summed E-state index contributed by atoms with van der Waals surface area (Å²) in [5.74, 6) is -0.904. The molecule has 0 spiro atoms. The minimum Gasteiger partial charge on any atom is -0.481 e. The molecule has 0 aromatic carbocycles. The van der Waals surface area contributed by atoms with Crippen LogP contribution in [0.5, 0.6) is 0 Å². The largest absolute Gasteiger partial charge is 0.481 e. The van der Waals surface area contributed by atoms with E-state index in [9.17, 15) is 18.0 Å². The van der Waals surface area contributed by atoms with Gasteiger partial charge in [-0.2, -0.15) is 13.2 Å². The van der Waals surface area contributed by atoms with Crippen molar-refractivity contribution in [1.82, 2.24) is 4.98 Å². The van der Waals surface area contributed by atoms with Gasteiger partial charge in [0.2, 0.25) is 0 Å². The molecule has 1 aliphatic rings. The van der Waals surface area contributed by atoms with Crippen LogP contribution in [0.1, 0.15) is 24.1 Å². The van der Waals surface area contributed by atoms with E-state index >= 15 is 0 Å². The maximum atomic E-state index is 12.3. The second-order valence-electron chi connectivity index (χ2n) is 4.30. The van der Waals surface area contributed by atoms with Crippen LogP contribution in [0.4, 0.5) is 13.2 Å². The van der Waals surface area contributed by atoms with Gasteiger partial charge in [-0.3, -0.25) is 9.78 Å². The van der Waals surface area contributed by atoms with E-state index in [-0.39, 0.29) is 6.42 Å². The zero-order valence-electron chi connectivity index (χ0n) is 8.79. The van der Waals surface area contributed by atoms with Crippen molar-refractivity contribution in [3.63, 3.8) is 0 Å². The highest BCUT2D eigenvalue weighted by Gasteiger charge is 2.50. The first kappa shape index (κ1) is 11.9. The standard InChI is InChI=1S/C11H10F3NO2/c12-11(13,14)7-1-2-8(15-6-7)5-10(3-4-10)9(16)17/h1-2,6H,3-5H2,(H,16,17). The molecule has 1 aromatic heterocycles. The minimum atomic E-state index is -4.41. The van der Waals surface area contributed by atoms with Gasteiger partial charge in [-0.1, -0.05) is 0 Å². The van der Waals surface area contributed by atoms with Crippen LogP contribution in [0, 0.1) is 5.41 Å². The second kappa shape index (κ2) is 3.72. The van der Waals surface area contributed by atoms with Crippen molar-refractivity contribution >= 4 is 5.97 Å². The number of hydrogen-bond donors (Lipinski definition) is 1. The molecule has 1 fully saturated rings. The zero-order valence-corrected chi connectivity index (χ0v) is 8.79. The number of halogens is 3. The van der Waals surface area contributed by atoms with E-state index in [1.165, 1.54) is 6.07 Å². The first-order chi connectivity index (χ1) is 7.83. The number of carboxylic acids is 1. The average Bonchev–Trinajstić information content (AvgIpc) is 2.98. The van der Waals surface area contributed by atoms with Crippen LogP contribution >= 0.6 is 0 Å². The summed E-state index contributed by atoms with van der Waals surface area (Å²) in [5, 5.41) is 8.94. The van der Waals surface area contributed by atoms with Crippen molar-refractivity contribution in [3.05, 3.63) is 29.6 Å². The Balaban J connectivity index is 2.12. The topological polar surface area (TPSA) is 50.2 Å². The van der Waals surface area contributed by atoms with Crippen LogP contribution in [-0.2, 0) is 17.4 Å². The number of nitrogens with zero attached hydrogens (tertiary/aromatic N) is 1. The van der Waals surface area contributed by atoms with Gasteiger partial charge in [0.1, 0.15) is 0 Å². The van der Waals surface area contributed by atoms with Gasteiger partial charge in [-0.25, -0.2) is 0 Å². The van der Waals surface area contributed by atoms with Crippen LogP contribution in [0.2, 0.25) is 0 Å². The highest BCUT2D eigenvalue weighted by Crippen LogP contribution is 2.48. The Kier molecular flexibility index (Phi) is 2.60. The van der Waals surface area contributed by atoms with Crippen molar-refractivity contribution in [3.8, 4) is 0 Å². The van der Waals surface area contributed by atoms with E-state index in [0.717, 1.165) is 12.3 Å². The summed E-state index contributed by atoms with van der Waals surface area (Å²) in [4.78, 5) is 14.6. The zero-order chi connectivity index (χ0) is 12.7. The quantitative estimate of drug-likeness (QED) is 0.890. The lowest BCUT2D eigenvalue weighted by molar-refractivity contribution is -0.143. The number of aromatic nitrogens is 1. The summed E-state index contributed by atoms with van der Waals surface area (Å²) < 4.78 is 36.8. The Morgan fingerprint density at radius 1 is 1.41 bits per heavy atom. The third-order valence-corrected chi connectivity index (χ3v) is 2.98. The Morgan fingerprint density at radius 2 is 2.06 bits per heavy atom. The van der Waals surface area contributed by atoms with Crippen LogP contribution in [-0.4, -0.2) is 16.1 Å². The monoisotopic (exact) mass is 245 g/mol. The molecule has 0 atom stereocenters. The number of pyridine rings is 1. The SMILES string of the molecule is O=C(O)C1(Cc2ccc(C(F)(F)F)cn2)CC1. The van der Waals surface area contributed by atoms with Crippen molar-refractivity contribution in [2.24, 2.45) is 5.41 Å². The van der Waals surface area contributed by atoms with Gasteiger partial charge >= 0.3 is 12.1 Å². The molecule has 1 aromatic rings. The molecule has 17 heavy (non-hydrogen) atoms. The molecule has 0 aliphatic heterocycles. The number of aliphatic carboxylic acids is 1. The third-order valence-electron chi connectivity index (χ3n) is 2.98. The molecule has 1 heterocycles. The molecule has 2 rings (SSSR count). The van der Waals surface area contributed by atoms with Crippen LogP contribution in [0.15, 0.2) is 18.3 Å². The van der Waals surface area contributed by atoms with Gasteiger partial charge in [0, 0.05) is 18.3 Å². The Labute approximate surface area is 95.3 Å². The van der Waals surface area contributed by atoms with Gasteiger partial charge in [-0.15, -0.1) is 0 Å². The highest BCUT2D eigenvalue weighted by atomic mass is 19.4. The lowest BCUT2D eigenvalue weighted by Gasteiger charge is -2.10. The summed E-state index contributed by atoms with van der Waals surface area (Å²) in [6, 6.07) is 2.17. The molecule has 0 saturated heterocycles. The molecule has 0 bridgehead atoms. The van der Waals surface area contributed by atoms with Crippen molar-refractivity contribution in [1.29, 1.82) is 0 Å². The molecule has 0 radical (unpaired) electrons. The maximum Gasteiger partial charge on any atom is 0.417 e. The first-order valence-electron chi connectivity index (χ1n) is 5.09. The summed E-state index contributed by atoms with van der Waals surface area (Å²) in [6.45, 7) is 0. The number of carboxylic acid groups (broad SMARTS) is 1. The van der Waals surface area contributed by atoms with Crippen LogP contribution in [0.3, 0.4) is 0 Å². The van der Waals surface area contributed by atoms with Gasteiger partial charge in [0.05, 0.1) is 11.0 Å². The third kappa shape index (κ3) is 2.40.